The molecule has 23 heavy (non-hydrogen) atoms. The van der Waals surface area contributed by atoms with Gasteiger partial charge in [0, 0.05) is 17.7 Å². The Balaban J connectivity index is 2.12. The molecule has 0 heterocycles. The number of amidine groups is 1. The predicted octanol–water partition coefficient (Wildman–Crippen LogP) is 2.08. The summed E-state index contributed by atoms with van der Waals surface area (Å²) in [6.45, 7) is 0. The van der Waals surface area contributed by atoms with Gasteiger partial charge in [0.15, 0.2) is 5.84 Å². The molecule has 2 rings (SSSR count). The van der Waals surface area contributed by atoms with Gasteiger partial charge in [-0.25, -0.2) is 4.79 Å². The van der Waals surface area contributed by atoms with Crippen LogP contribution in [0.4, 0.5) is 5.69 Å². The first-order valence-corrected chi connectivity index (χ1v) is 6.45. The van der Waals surface area contributed by atoms with Gasteiger partial charge in [-0.05, 0) is 24.3 Å². The summed E-state index contributed by atoms with van der Waals surface area (Å²) in [7, 11) is 1.43. The maximum Gasteiger partial charge on any atom is 0.369 e. The molecule has 118 valence electrons. The molecule has 8 nitrogen and oxygen atoms in total. The van der Waals surface area contributed by atoms with Crippen molar-refractivity contribution in [2.24, 2.45) is 10.9 Å². The Morgan fingerprint density at radius 1 is 1.17 bits per heavy atom. The molecule has 0 bridgehead atoms. The Hall–Kier alpha value is -3.42. The Morgan fingerprint density at radius 2 is 1.83 bits per heavy atom. The lowest BCUT2D eigenvalue weighted by Gasteiger charge is -2.05. The number of oxime groups is 1. The molecular weight excluding hydrogens is 302 g/mol. The average molecular weight is 315 g/mol. The molecular formula is C15H13N3O5. The highest BCUT2D eigenvalue weighted by atomic mass is 16.7. The fraction of sp³-hybridized carbons (Fsp3) is 0.0667. The van der Waals surface area contributed by atoms with Gasteiger partial charge < -0.3 is 15.3 Å². The smallest absolute Gasteiger partial charge is 0.369 e. The largest absolute Gasteiger partial charge is 0.496 e. The maximum atomic E-state index is 11.9. The van der Waals surface area contributed by atoms with Crippen molar-refractivity contribution in [3.05, 3.63) is 69.8 Å². The van der Waals surface area contributed by atoms with Crippen LogP contribution < -0.4 is 10.5 Å². The number of nitrogens with zero attached hydrogens (tertiary/aromatic N) is 2. The molecule has 0 spiro atoms. The van der Waals surface area contributed by atoms with Crippen molar-refractivity contribution in [3.63, 3.8) is 0 Å². The van der Waals surface area contributed by atoms with E-state index in [2.05, 4.69) is 5.16 Å². The molecule has 2 aromatic carbocycles. The van der Waals surface area contributed by atoms with Crippen LogP contribution in [0.25, 0.3) is 0 Å². The van der Waals surface area contributed by atoms with Crippen molar-refractivity contribution < 1.29 is 19.3 Å². The van der Waals surface area contributed by atoms with E-state index in [9.17, 15) is 14.9 Å². The summed E-state index contributed by atoms with van der Waals surface area (Å²) in [6, 6.07) is 11.9. The molecule has 0 aromatic heterocycles. The summed E-state index contributed by atoms with van der Waals surface area (Å²) in [6.07, 6.45) is 0. The maximum absolute atomic E-state index is 11.9. The van der Waals surface area contributed by atoms with E-state index in [0.717, 1.165) is 0 Å². The highest BCUT2D eigenvalue weighted by Crippen LogP contribution is 2.18. The molecule has 0 amide bonds. The minimum absolute atomic E-state index is 0.0763. The summed E-state index contributed by atoms with van der Waals surface area (Å²) < 4.78 is 5.05. The summed E-state index contributed by atoms with van der Waals surface area (Å²) in [5, 5.41) is 14.1. The number of carbonyl (C=O) groups excluding carboxylic acids is 1. The number of hydrogen-bond donors (Lipinski definition) is 1. The molecule has 0 aliphatic rings. The number of nitrogens with two attached hydrogens (primary N) is 1. The standard InChI is InChI=1S/C15H13N3O5/c1-22-13-5-3-2-4-12(13)15(19)23-17-14(16)10-6-8-11(9-7-10)18(20)21/h2-9H,1H3,(H2,16,17). The zero-order chi connectivity index (χ0) is 16.8. The van der Waals surface area contributed by atoms with E-state index < -0.39 is 10.9 Å². The van der Waals surface area contributed by atoms with E-state index in [1.807, 2.05) is 0 Å². The summed E-state index contributed by atoms with van der Waals surface area (Å²) in [5.74, 6) is -0.461. The number of nitro groups is 1. The fourth-order valence-corrected chi connectivity index (χ4v) is 1.76. The first-order valence-electron chi connectivity index (χ1n) is 6.45. The zero-order valence-corrected chi connectivity index (χ0v) is 12.1. The van der Waals surface area contributed by atoms with Gasteiger partial charge in [-0.2, -0.15) is 0 Å². The van der Waals surface area contributed by atoms with Gasteiger partial charge >= 0.3 is 5.97 Å². The molecule has 0 fully saturated rings. The Morgan fingerprint density at radius 3 is 2.43 bits per heavy atom. The Bertz CT molecular complexity index is 756. The Kier molecular flexibility index (Phi) is 4.88. The fourth-order valence-electron chi connectivity index (χ4n) is 1.76. The highest BCUT2D eigenvalue weighted by Gasteiger charge is 2.13. The van der Waals surface area contributed by atoms with Crippen LogP contribution in [-0.4, -0.2) is 23.8 Å². The molecule has 0 saturated carbocycles. The quantitative estimate of drug-likeness (QED) is 0.297. The van der Waals surface area contributed by atoms with Gasteiger partial charge in [0.2, 0.25) is 0 Å². The third-order valence-electron chi connectivity index (χ3n) is 2.93. The topological polar surface area (TPSA) is 117 Å². The summed E-state index contributed by atoms with van der Waals surface area (Å²) in [4.78, 5) is 26.8. The van der Waals surface area contributed by atoms with Crippen LogP contribution >= 0.6 is 0 Å². The zero-order valence-electron chi connectivity index (χ0n) is 12.1. The normalized spacial score (nSPS) is 10.9. The number of non-ortho nitro benzene ring substituents is 1. The van der Waals surface area contributed by atoms with Crippen molar-refractivity contribution >= 4 is 17.5 Å². The second kappa shape index (κ2) is 7.03. The van der Waals surface area contributed by atoms with Gasteiger partial charge in [0.1, 0.15) is 11.3 Å². The summed E-state index contributed by atoms with van der Waals surface area (Å²) in [5.41, 5.74) is 6.21. The lowest BCUT2D eigenvalue weighted by molar-refractivity contribution is -0.384. The minimum atomic E-state index is -0.729. The number of nitro benzene ring substituents is 1. The van der Waals surface area contributed by atoms with Crippen molar-refractivity contribution in [2.45, 2.75) is 0 Å². The monoisotopic (exact) mass is 315 g/mol. The van der Waals surface area contributed by atoms with Gasteiger partial charge in [-0.3, -0.25) is 10.1 Å². The third-order valence-corrected chi connectivity index (χ3v) is 2.93. The van der Waals surface area contributed by atoms with Crippen LogP contribution in [0.15, 0.2) is 53.7 Å². The molecule has 0 saturated heterocycles. The molecule has 0 radical (unpaired) electrons. The second-order valence-corrected chi connectivity index (χ2v) is 4.36. The van der Waals surface area contributed by atoms with E-state index in [1.165, 1.54) is 37.4 Å². The average Bonchev–Trinajstić information content (AvgIpc) is 2.59. The molecule has 8 heteroatoms. The van der Waals surface area contributed by atoms with Crippen LogP contribution in [0.5, 0.6) is 5.75 Å². The van der Waals surface area contributed by atoms with Gasteiger partial charge in [0.05, 0.1) is 12.0 Å². The number of carbonyl (C=O) groups is 1. The van der Waals surface area contributed by atoms with Gasteiger partial charge in [-0.1, -0.05) is 17.3 Å². The second-order valence-electron chi connectivity index (χ2n) is 4.36. The van der Waals surface area contributed by atoms with E-state index in [1.54, 1.807) is 18.2 Å². The Labute approximate surface area is 131 Å². The first-order chi connectivity index (χ1) is 11.0. The van der Waals surface area contributed by atoms with Crippen LogP contribution in [-0.2, 0) is 4.84 Å². The molecule has 0 unspecified atom stereocenters. The molecule has 2 N–H and O–H groups in total. The van der Waals surface area contributed by atoms with Crippen molar-refractivity contribution in [3.8, 4) is 5.75 Å². The van der Waals surface area contributed by atoms with Gasteiger partial charge in [-0.15, -0.1) is 0 Å². The van der Waals surface area contributed by atoms with Crippen LogP contribution in [0, 0.1) is 10.1 Å². The number of rotatable bonds is 5. The number of hydrogen-bond acceptors (Lipinski definition) is 6. The van der Waals surface area contributed by atoms with Crippen LogP contribution in [0.1, 0.15) is 15.9 Å². The molecule has 2 aromatic rings. The van der Waals surface area contributed by atoms with E-state index in [0.29, 0.717) is 11.3 Å². The predicted molar refractivity (Wildman–Crippen MR) is 82.2 cm³/mol. The lowest BCUT2D eigenvalue weighted by atomic mass is 10.2. The minimum Gasteiger partial charge on any atom is -0.496 e. The van der Waals surface area contributed by atoms with Crippen LogP contribution in [0.3, 0.4) is 0 Å². The number of para-hydroxylation sites is 1. The molecule has 0 aliphatic carbocycles. The van der Waals surface area contributed by atoms with Crippen molar-refractivity contribution in [2.75, 3.05) is 7.11 Å². The van der Waals surface area contributed by atoms with Crippen molar-refractivity contribution in [1.29, 1.82) is 0 Å². The molecule has 0 aliphatic heterocycles. The summed E-state index contributed by atoms with van der Waals surface area (Å²) >= 11 is 0. The van der Waals surface area contributed by atoms with Crippen LogP contribution in [0.2, 0.25) is 0 Å². The van der Waals surface area contributed by atoms with E-state index in [-0.39, 0.29) is 17.1 Å². The highest BCUT2D eigenvalue weighted by molar-refractivity contribution is 5.98. The number of benzene rings is 2. The SMILES string of the molecule is COc1ccccc1C(=O)O/N=C(\N)c1ccc([N+](=O)[O-])cc1. The van der Waals surface area contributed by atoms with Crippen molar-refractivity contribution in [1.82, 2.24) is 0 Å². The first kappa shape index (κ1) is 16.0. The molecule has 0 atom stereocenters. The lowest BCUT2D eigenvalue weighted by Crippen LogP contribution is -2.15. The van der Waals surface area contributed by atoms with E-state index in [4.69, 9.17) is 15.3 Å². The number of methoxy groups -OCH3 is 1. The third kappa shape index (κ3) is 3.82. The number of ether oxygens (including phenoxy) is 1. The van der Waals surface area contributed by atoms with E-state index >= 15 is 0 Å². The van der Waals surface area contributed by atoms with Gasteiger partial charge in [0.25, 0.3) is 5.69 Å².